The largest absolute Gasteiger partial charge is 0.353 e. The maximum absolute atomic E-state index is 6.22. The minimum Gasteiger partial charge on any atom is -0.353 e. The van der Waals surface area contributed by atoms with E-state index in [4.69, 9.17) is 17.4 Å². The quantitative estimate of drug-likeness (QED) is 0.664. The zero-order valence-corrected chi connectivity index (χ0v) is 11.6. The normalized spacial score (nSPS) is 12.0. The first-order valence-electron chi connectivity index (χ1n) is 5.89. The fourth-order valence-corrected chi connectivity index (χ4v) is 2.13. The van der Waals surface area contributed by atoms with Gasteiger partial charge in [-0.3, -0.25) is 0 Å². The highest BCUT2D eigenvalue weighted by Crippen LogP contribution is 2.29. The van der Waals surface area contributed by atoms with Gasteiger partial charge in [-0.2, -0.15) is 0 Å². The van der Waals surface area contributed by atoms with Crippen LogP contribution in [-0.2, 0) is 0 Å². The van der Waals surface area contributed by atoms with Crippen molar-refractivity contribution in [3.05, 3.63) is 47.2 Å². The van der Waals surface area contributed by atoms with Crippen LogP contribution in [0.1, 0.15) is 18.5 Å². The van der Waals surface area contributed by atoms with Gasteiger partial charge in [-0.1, -0.05) is 29.8 Å². The van der Waals surface area contributed by atoms with Crippen LogP contribution < -0.4 is 16.2 Å². The van der Waals surface area contributed by atoms with E-state index < -0.39 is 0 Å². The smallest absolute Gasteiger partial charge is 0.145 e. The molecule has 3 N–H and O–H groups in total. The fourth-order valence-electron chi connectivity index (χ4n) is 1.84. The van der Waals surface area contributed by atoms with Crippen molar-refractivity contribution in [2.45, 2.75) is 13.0 Å². The molecule has 5 nitrogen and oxygen atoms in total. The van der Waals surface area contributed by atoms with Crippen LogP contribution in [0.3, 0.4) is 0 Å². The van der Waals surface area contributed by atoms with Gasteiger partial charge >= 0.3 is 0 Å². The van der Waals surface area contributed by atoms with Crippen molar-refractivity contribution in [2.24, 2.45) is 5.84 Å². The number of benzene rings is 1. The summed E-state index contributed by atoms with van der Waals surface area (Å²) in [7, 11) is 1.95. The van der Waals surface area contributed by atoms with Gasteiger partial charge in [0.05, 0.1) is 6.04 Å². The molecule has 19 heavy (non-hydrogen) atoms. The minimum absolute atomic E-state index is 0.0919. The van der Waals surface area contributed by atoms with Crippen molar-refractivity contribution in [3.63, 3.8) is 0 Å². The van der Waals surface area contributed by atoms with Crippen LogP contribution in [0.15, 0.2) is 36.7 Å². The third kappa shape index (κ3) is 2.94. The molecule has 0 saturated carbocycles. The Morgan fingerprint density at radius 2 is 2.05 bits per heavy atom. The van der Waals surface area contributed by atoms with E-state index in [-0.39, 0.29) is 6.04 Å². The molecule has 1 aromatic heterocycles. The Balaban J connectivity index is 2.28. The van der Waals surface area contributed by atoms with E-state index in [9.17, 15) is 0 Å². The summed E-state index contributed by atoms with van der Waals surface area (Å²) in [5.74, 6) is 6.70. The van der Waals surface area contributed by atoms with Crippen molar-refractivity contribution in [1.29, 1.82) is 0 Å². The van der Waals surface area contributed by atoms with Crippen LogP contribution >= 0.6 is 11.6 Å². The predicted octanol–water partition coefficient (Wildman–Crippen LogP) is 2.61. The third-order valence-corrected chi connectivity index (χ3v) is 3.44. The molecule has 2 aromatic rings. The molecule has 0 fully saturated rings. The molecule has 100 valence electrons. The summed E-state index contributed by atoms with van der Waals surface area (Å²) in [6.45, 7) is 2.07. The van der Waals surface area contributed by atoms with Crippen LogP contribution in [0.5, 0.6) is 0 Å². The number of nitrogens with one attached hydrogen (secondary N) is 1. The van der Waals surface area contributed by atoms with Crippen molar-refractivity contribution in [1.82, 2.24) is 9.97 Å². The molecule has 0 aliphatic rings. The maximum atomic E-state index is 6.22. The van der Waals surface area contributed by atoms with Crippen LogP contribution in [0.4, 0.5) is 11.6 Å². The Hall–Kier alpha value is -1.85. The molecule has 1 atom stereocenters. The highest BCUT2D eigenvalue weighted by atomic mass is 35.5. The summed E-state index contributed by atoms with van der Waals surface area (Å²) in [6.07, 6.45) is 1.47. The topological polar surface area (TPSA) is 67.1 Å². The number of aromatic nitrogens is 2. The molecule has 0 bridgehead atoms. The number of rotatable bonds is 4. The zero-order chi connectivity index (χ0) is 13.8. The summed E-state index contributed by atoms with van der Waals surface area (Å²) in [6, 6.07) is 9.65. The molecular weight excluding hydrogens is 262 g/mol. The van der Waals surface area contributed by atoms with E-state index in [1.54, 1.807) is 6.07 Å². The molecule has 0 amide bonds. The zero-order valence-electron chi connectivity index (χ0n) is 10.8. The van der Waals surface area contributed by atoms with Crippen LogP contribution in [0.2, 0.25) is 5.02 Å². The molecule has 1 unspecified atom stereocenters. The Labute approximate surface area is 117 Å². The van der Waals surface area contributed by atoms with E-state index in [2.05, 4.69) is 22.3 Å². The van der Waals surface area contributed by atoms with E-state index >= 15 is 0 Å². The summed E-state index contributed by atoms with van der Waals surface area (Å²) in [4.78, 5) is 10.2. The maximum Gasteiger partial charge on any atom is 0.145 e. The molecule has 0 radical (unpaired) electrons. The van der Waals surface area contributed by atoms with Crippen molar-refractivity contribution < 1.29 is 0 Å². The Morgan fingerprint density at radius 3 is 2.74 bits per heavy atom. The van der Waals surface area contributed by atoms with Gasteiger partial charge in [0.15, 0.2) is 0 Å². The highest BCUT2D eigenvalue weighted by molar-refractivity contribution is 6.31. The first-order valence-corrected chi connectivity index (χ1v) is 6.27. The summed E-state index contributed by atoms with van der Waals surface area (Å²) in [5.41, 5.74) is 3.56. The molecular formula is C13H16ClN5. The van der Waals surface area contributed by atoms with E-state index in [0.29, 0.717) is 5.82 Å². The molecule has 6 heteroatoms. The summed E-state index contributed by atoms with van der Waals surface area (Å²) in [5, 5.41) is 0.744. The van der Waals surface area contributed by atoms with Gasteiger partial charge in [0.1, 0.15) is 18.0 Å². The number of nitrogens with zero attached hydrogens (tertiary/aromatic N) is 3. The minimum atomic E-state index is 0.0919. The standard InChI is InChI=1S/C13H16ClN5/c1-9(10-5-3-4-6-11(10)14)19(2)13-7-12(18-15)16-8-17-13/h3-9H,15H2,1-2H3,(H,16,17,18). The van der Waals surface area contributed by atoms with Gasteiger partial charge in [-0.15, -0.1) is 0 Å². The average molecular weight is 278 g/mol. The number of hydrazine groups is 1. The molecule has 0 aliphatic carbocycles. The van der Waals surface area contributed by atoms with E-state index in [0.717, 1.165) is 16.4 Å². The lowest BCUT2D eigenvalue weighted by molar-refractivity contribution is 0.727. The third-order valence-electron chi connectivity index (χ3n) is 3.10. The number of hydrogen-bond donors (Lipinski definition) is 2. The lowest BCUT2D eigenvalue weighted by Gasteiger charge is -2.27. The Morgan fingerprint density at radius 1 is 1.32 bits per heavy atom. The van der Waals surface area contributed by atoms with Crippen LogP contribution in [0, 0.1) is 0 Å². The van der Waals surface area contributed by atoms with E-state index in [1.165, 1.54) is 6.33 Å². The number of nitrogen functional groups attached to an aromatic ring is 1. The lowest BCUT2D eigenvalue weighted by Crippen LogP contribution is -2.23. The fraction of sp³-hybridized carbons (Fsp3) is 0.231. The first-order chi connectivity index (χ1) is 9.13. The first kappa shape index (κ1) is 13.6. The van der Waals surface area contributed by atoms with Crippen molar-refractivity contribution in [2.75, 3.05) is 17.4 Å². The van der Waals surface area contributed by atoms with E-state index in [1.807, 2.05) is 36.2 Å². The second-order valence-corrected chi connectivity index (χ2v) is 4.62. The molecule has 1 heterocycles. The summed E-state index contributed by atoms with van der Waals surface area (Å²) < 4.78 is 0. The molecule has 0 saturated heterocycles. The van der Waals surface area contributed by atoms with Crippen molar-refractivity contribution in [3.8, 4) is 0 Å². The molecule has 0 spiro atoms. The van der Waals surface area contributed by atoms with Gasteiger partial charge in [-0.25, -0.2) is 15.8 Å². The van der Waals surface area contributed by atoms with Gasteiger partial charge in [0, 0.05) is 18.1 Å². The number of nitrogens with two attached hydrogens (primary N) is 1. The Bertz CT molecular complexity index is 560. The number of anilines is 2. The van der Waals surface area contributed by atoms with Crippen LogP contribution in [-0.4, -0.2) is 17.0 Å². The molecule has 1 aromatic carbocycles. The van der Waals surface area contributed by atoms with Gasteiger partial charge in [0.25, 0.3) is 0 Å². The van der Waals surface area contributed by atoms with Crippen LogP contribution in [0.25, 0.3) is 0 Å². The van der Waals surface area contributed by atoms with Crippen molar-refractivity contribution >= 4 is 23.2 Å². The number of hydrogen-bond acceptors (Lipinski definition) is 5. The molecule has 2 rings (SSSR count). The molecule has 0 aliphatic heterocycles. The number of halogens is 1. The average Bonchev–Trinajstić information content (AvgIpc) is 2.46. The van der Waals surface area contributed by atoms with Gasteiger partial charge in [0.2, 0.25) is 0 Å². The van der Waals surface area contributed by atoms with Gasteiger partial charge < -0.3 is 10.3 Å². The monoisotopic (exact) mass is 277 g/mol. The predicted molar refractivity (Wildman–Crippen MR) is 78.1 cm³/mol. The summed E-state index contributed by atoms with van der Waals surface area (Å²) >= 11 is 6.22. The lowest BCUT2D eigenvalue weighted by atomic mass is 10.1. The highest BCUT2D eigenvalue weighted by Gasteiger charge is 2.16. The SMILES string of the molecule is CC(c1ccccc1Cl)N(C)c1cc(NN)ncn1. The Kier molecular flexibility index (Phi) is 4.19. The second kappa shape index (κ2) is 5.86. The second-order valence-electron chi connectivity index (χ2n) is 4.21. The van der Waals surface area contributed by atoms with Gasteiger partial charge in [-0.05, 0) is 18.6 Å².